The summed E-state index contributed by atoms with van der Waals surface area (Å²) in [7, 11) is 0. The lowest BCUT2D eigenvalue weighted by Gasteiger charge is -2.28. The van der Waals surface area contributed by atoms with Crippen molar-refractivity contribution in [2.45, 2.75) is 32.1 Å². The van der Waals surface area contributed by atoms with E-state index in [0.29, 0.717) is 24.9 Å². The summed E-state index contributed by atoms with van der Waals surface area (Å²) in [4.78, 5) is 47.8. The van der Waals surface area contributed by atoms with Gasteiger partial charge in [-0.25, -0.2) is 9.59 Å². The van der Waals surface area contributed by atoms with Gasteiger partial charge in [0.15, 0.2) is 5.78 Å². The molecule has 1 aliphatic carbocycles. The average Bonchev–Trinajstić information content (AvgIpc) is 2.60. The topological polar surface area (TPSA) is 133 Å². The van der Waals surface area contributed by atoms with Crippen LogP contribution in [0.25, 0.3) is 0 Å². The van der Waals surface area contributed by atoms with E-state index in [1.54, 1.807) is 0 Å². The maximum absolute atomic E-state index is 11.5. The first-order valence-electron chi connectivity index (χ1n) is 8.47. The molecule has 0 bridgehead atoms. The van der Waals surface area contributed by atoms with E-state index >= 15 is 0 Å². The first kappa shape index (κ1) is 21.3. The number of amides is 1. The minimum atomic E-state index is -1.16. The molecule has 1 fully saturated rings. The van der Waals surface area contributed by atoms with Crippen molar-refractivity contribution < 1.29 is 29.4 Å². The zero-order valence-electron chi connectivity index (χ0n) is 14.5. The molecule has 8 nitrogen and oxygen atoms in total. The Morgan fingerprint density at radius 2 is 1.62 bits per heavy atom. The summed E-state index contributed by atoms with van der Waals surface area (Å²) in [6.45, 7) is 1.10. The monoisotopic (exact) mass is 364 g/mol. The Morgan fingerprint density at radius 3 is 2.31 bits per heavy atom. The lowest BCUT2D eigenvalue weighted by atomic mass is 9.81. The fourth-order valence-corrected chi connectivity index (χ4v) is 2.81. The van der Waals surface area contributed by atoms with Gasteiger partial charge in [0.05, 0.1) is 0 Å². The largest absolute Gasteiger partial charge is 0.478 e. The molecule has 0 heterocycles. The molecular weight excluding hydrogens is 340 g/mol. The fourth-order valence-electron chi connectivity index (χ4n) is 2.81. The first-order valence-corrected chi connectivity index (χ1v) is 8.47. The molecule has 1 aliphatic rings. The van der Waals surface area contributed by atoms with Gasteiger partial charge >= 0.3 is 11.9 Å². The quantitative estimate of drug-likeness (QED) is 0.394. The van der Waals surface area contributed by atoms with E-state index in [-0.39, 0.29) is 12.2 Å². The highest BCUT2D eigenvalue weighted by Gasteiger charge is 2.21. The first-order chi connectivity index (χ1) is 12.4. The fraction of sp³-hybridized carbons (Fsp3) is 0.500. The molecule has 0 radical (unpaired) electrons. The van der Waals surface area contributed by atoms with Crippen molar-refractivity contribution in [3.8, 4) is 0 Å². The van der Waals surface area contributed by atoms with Crippen LogP contribution in [0, 0.1) is 11.8 Å². The second kappa shape index (κ2) is 11.7. The average molecular weight is 364 g/mol. The number of allylic oxidation sites excluding steroid dienone is 1. The SMILES string of the molecule is O=C(O)/C=C\C(=O)CC=NCC1CCCC(CNC(=O)/C=C\C(=O)O)C1. The number of ketones is 1. The summed E-state index contributed by atoms with van der Waals surface area (Å²) in [6.07, 6.45) is 9.20. The zero-order chi connectivity index (χ0) is 19.4. The van der Waals surface area contributed by atoms with E-state index < -0.39 is 17.8 Å². The normalized spacial score (nSPS) is 20.6. The Bertz CT molecular complexity index is 609. The van der Waals surface area contributed by atoms with E-state index in [1.807, 2.05) is 0 Å². The van der Waals surface area contributed by atoms with Gasteiger partial charge in [0.2, 0.25) is 5.91 Å². The minimum Gasteiger partial charge on any atom is -0.478 e. The Morgan fingerprint density at radius 1 is 0.962 bits per heavy atom. The van der Waals surface area contributed by atoms with Gasteiger partial charge in [-0.1, -0.05) is 6.42 Å². The molecule has 0 aliphatic heterocycles. The highest BCUT2D eigenvalue weighted by molar-refractivity contribution is 6.01. The van der Waals surface area contributed by atoms with Gasteiger partial charge in [-0.15, -0.1) is 0 Å². The molecule has 0 aromatic carbocycles. The third-order valence-electron chi connectivity index (χ3n) is 4.03. The Kier molecular flexibility index (Phi) is 9.59. The standard InChI is InChI=1S/C18H24N2O6/c21-15(4-6-17(23)24)8-9-19-11-13-2-1-3-14(10-13)12-20-16(22)5-7-18(25)26/h4-7,9,13-14H,1-3,8,10-12H2,(H,20,22)(H,23,24)(H,25,26)/b6-4-,7-5-,19-9?. The van der Waals surface area contributed by atoms with Gasteiger partial charge in [0.1, 0.15) is 0 Å². The number of hydrogen-bond donors (Lipinski definition) is 3. The number of carbonyl (C=O) groups is 4. The molecular formula is C18H24N2O6. The lowest BCUT2D eigenvalue weighted by molar-refractivity contribution is -0.132. The smallest absolute Gasteiger partial charge is 0.328 e. The maximum atomic E-state index is 11.5. The van der Waals surface area contributed by atoms with Crippen molar-refractivity contribution >= 4 is 29.8 Å². The van der Waals surface area contributed by atoms with E-state index in [9.17, 15) is 19.2 Å². The third-order valence-corrected chi connectivity index (χ3v) is 4.03. The van der Waals surface area contributed by atoms with Gasteiger partial charge in [-0.2, -0.15) is 0 Å². The van der Waals surface area contributed by atoms with Crippen LogP contribution in [0.2, 0.25) is 0 Å². The molecule has 2 unspecified atom stereocenters. The van der Waals surface area contributed by atoms with Crippen molar-refractivity contribution in [3.63, 3.8) is 0 Å². The summed E-state index contributed by atoms with van der Waals surface area (Å²) in [5.74, 6) is -2.34. The number of carboxylic acid groups (broad SMARTS) is 2. The molecule has 0 spiro atoms. The van der Waals surface area contributed by atoms with Crippen LogP contribution in [-0.2, 0) is 19.2 Å². The Labute approximate surface area is 151 Å². The van der Waals surface area contributed by atoms with Gasteiger partial charge in [-0.3, -0.25) is 14.6 Å². The number of aliphatic carboxylic acids is 2. The predicted molar refractivity (Wildman–Crippen MR) is 95.0 cm³/mol. The molecule has 142 valence electrons. The van der Waals surface area contributed by atoms with E-state index in [1.165, 1.54) is 6.21 Å². The van der Waals surface area contributed by atoms with Crippen molar-refractivity contribution in [2.75, 3.05) is 13.1 Å². The number of carbonyl (C=O) groups excluding carboxylic acids is 2. The summed E-state index contributed by atoms with van der Waals surface area (Å²) >= 11 is 0. The molecule has 1 saturated carbocycles. The molecule has 0 aromatic rings. The number of nitrogens with zero attached hydrogens (tertiary/aromatic N) is 1. The summed E-state index contributed by atoms with van der Waals surface area (Å²) < 4.78 is 0. The molecule has 26 heavy (non-hydrogen) atoms. The predicted octanol–water partition coefficient (Wildman–Crippen LogP) is 1.22. The highest BCUT2D eigenvalue weighted by atomic mass is 16.4. The van der Waals surface area contributed by atoms with Gasteiger partial charge < -0.3 is 15.5 Å². The molecule has 2 atom stereocenters. The Balaban J connectivity index is 2.29. The summed E-state index contributed by atoms with van der Waals surface area (Å²) in [5.41, 5.74) is 0. The minimum absolute atomic E-state index is 0.0753. The highest BCUT2D eigenvalue weighted by Crippen LogP contribution is 2.28. The number of aliphatic imine (C=N–C) groups is 1. The van der Waals surface area contributed by atoms with Crippen molar-refractivity contribution in [1.29, 1.82) is 0 Å². The van der Waals surface area contributed by atoms with Crippen molar-refractivity contribution in [1.82, 2.24) is 5.32 Å². The van der Waals surface area contributed by atoms with Crippen molar-refractivity contribution in [2.24, 2.45) is 16.8 Å². The molecule has 8 heteroatoms. The van der Waals surface area contributed by atoms with Crippen LogP contribution in [0.3, 0.4) is 0 Å². The van der Waals surface area contributed by atoms with Crippen LogP contribution < -0.4 is 5.32 Å². The van der Waals surface area contributed by atoms with Crippen LogP contribution in [0.4, 0.5) is 0 Å². The molecule has 1 amide bonds. The lowest BCUT2D eigenvalue weighted by Crippen LogP contribution is -2.31. The van der Waals surface area contributed by atoms with E-state index in [0.717, 1.165) is 50.0 Å². The number of carboxylic acids is 2. The van der Waals surface area contributed by atoms with Crippen LogP contribution >= 0.6 is 0 Å². The zero-order valence-corrected chi connectivity index (χ0v) is 14.5. The van der Waals surface area contributed by atoms with Crippen LogP contribution in [-0.4, -0.2) is 53.1 Å². The van der Waals surface area contributed by atoms with E-state index in [4.69, 9.17) is 10.2 Å². The third kappa shape index (κ3) is 10.2. The Hall–Kier alpha value is -2.77. The molecule has 1 rings (SSSR count). The van der Waals surface area contributed by atoms with Crippen LogP contribution in [0.15, 0.2) is 29.3 Å². The number of rotatable bonds is 10. The van der Waals surface area contributed by atoms with E-state index in [2.05, 4.69) is 10.3 Å². The van der Waals surface area contributed by atoms with Gasteiger partial charge in [0.25, 0.3) is 0 Å². The van der Waals surface area contributed by atoms with Crippen molar-refractivity contribution in [3.05, 3.63) is 24.3 Å². The van der Waals surface area contributed by atoms with Gasteiger partial charge in [-0.05, 0) is 37.2 Å². The molecule has 0 saturated heterocycles. The molecule has 3 N–H and O–H groups in total. The molecule has 0 aromatic heterocycles. The summed E-state index contributed by atoms with van der Waals surface area (Å²) in [6, 6.07) is 0. The maximum Gasteiger partial charge on any atom is 0.328 e. The second-order valence-corrected chi connectivity index (χ2v) is 6.21. The van der Waals surface area contributed by atoms with Crippen LogP contribution in [0.1, 0.15) is 32.1 Å². The number of nitrogens with one attached hydrogen (secondary N) is 1. The number of hydrogen-bond acceptors (Lipinski definition) is 5. The second-order valence-electron chi connectivity index (χ2n) is 6.21. The summed E-state index contributed by atoms with van der Waals surface area (Å²) in [5, 5.41) is 19.6. The van der Waals surface area contributed by atoms with Gasteiger partial charge in [0, 0.05) is 44.0 Å². The van der Waals surface area contributed by atoms with Crippen LogP contribution in [0.5, 0.6) is 0 Å².